The fourth-order valence-corrected chi connectivity index (χ4v) is 2.01. The number of nitrogens with one attached hydrogen (secondary N) is 1. The number of hydrazone groups is 1. The molecule has 3 aromatic heterocycles. The maximum atomic E-state index is 4.40. The molecule has 0 radical (unpaired) electrons. The van der Waals surface area contributed by atoms with Crippen molar-refractivity contribution >= 4 is 12.0 Å². The molecule has 110 valence electrons. The van der Waals surface area contributed by atoms with Crippen LogP contribution in [0.15, 0.2) is 48.1 Å². The molecular weight excluding hydrogens is 278 g/mol. The van der Waals surface area contributed by atoms with Gasteiger partial charge in [-0.2, -0.15) is 10.2 Å². The van der Waals surface area contributed by atoms with E-state index in [1.807, 2.05) is 32.0 Å². The molecule has 0 amide bonds. The topological polar surface area (TPSA) is 80.9 Å². The monoisotopic (exact) mass is 293 g/mol. The number of hydrogen-bond donors (Lipinski definition) is 1. The van der Waals surface area contributed by atoms with E-state index in [9.17, 15) is 0 Å². The molecular formula is C15H15N7. The smallest absolute Gasteiger partial charge is 0.159 e. The highest BCUT2D eigenvalue weighted by atomic mass is 15.3. The van der Waals surface area contributed by atoms with E-state index >= 15 is 0 Å². The predicted octanol–water partition coefficient (Wildman–Crippen LogP) is 2.12. The minimum absolute atomic E-state index is 0.595. The lowest BCUT2D eigenvalue weighted by Gasteiger charge is -2.04. The first-order valence-corrected chi connectivity index (χ1v) is 6.77. The number of rotatable bonds is 4. The van der Waals surface area contributed by atoms with Crippen LogP contribution in [-0.2, 0) is 0 Å². The second-order valence-electron chi connectivity index (χ2n) is 4.76. The Bertz CT molecular complexity index is 793. The summed E-state index contributed by atoms with van der Waals surface area (Å²) in [4.78, 5) is 12.4. The summed E-state index contributed by atoms with van der Waals surface area (Å²) in [5, 5.41) is 8.54. The highest BCUT2D eigenvalue weighted by molar-refractivity contribution is 5.79. The molecule has 0 spiro atoms. The molecule has 1 N–H and O–H groups in total. The molecule has 0 aliphatic heterocycles. The normalized spacial score (nSPS) is 11.0. The van der Waals surface area contributed by atoms with E-state index in [2.05, 4.69) is 30.6 Å². The number of hydrogen-bond acceptors (Lipinski definition) is 6. The maximum Gasteiger partial charge on any atom is 0.159 e. The second kappa shape index (κ2) is 6.13. The Labute approximate surface area is 127 Å². The van der Waals surface area contributed by atoms with Crippen molar-refractivity contribution in [3.05, 3.63) is 59.9 Å². The van der Waals surface area contributed by atoms with Gasteiger partial charge < -0.3 is 0 Å². The van der Waals surface area contributed by atoms with E-state index in [0.717, 1.165) is 17.0 Å². The van der Waals surface area contributed by atoms with Gasteiger partial charge >= 0.3 is 0 Å². The third-order valence-corrected chi connectivity index (χ3v) is 2.96. The van der Waals surface area contributed by atoms with E-state index in [0.29, 0.717) is 11.6 Å². The molecule has 22 heavy (non-hydrogen) atoms. The van der Waals surface area contributed by atoms with Crippen LogP contribution in [0.4, 0.5) is 5.82 Å². The van der Waals surface area contributed by atoms with E-state index in [4.69, 9.17) is 0 Å². The van der Waals surface area contributed by atoms with Crippen LogP contribution >= 0.6 is 0 Å². The van der Waals surface area contributed by atoms with Gasteiger partial charge in [0, 0.05) is 29.7 Å². The largest absolute Gasteiger partial charge is 0.264 e. The van der Waals surface area contributed by atoms with Crippen molar-refractivity contribution in [2.75, 3.05) is 5.43 Å². The van der Waals surface area contributed by atoms with Crippen LogP contribution < -0.4 is 5.43 Å². The van der Waals surface area contributed by atoms with Crippen molar-refractivity contribution in [3.63, 3.8) is 0 Å². The first-order valence-electron chi connectivity index (χ1n) is 6.77. The Morgan fingerprint density at radius 1 is 1.23 bits per heavy atom. The van der Waals surface area contributed by atoms with Crippen molar-refractivity contribution < 1.29 is 0 Å². The Kier molecular flexibility index (Phi) is 3.86. The summed E-state index contributed by atoms with van der Waals surface area (Å²) in [7, 11) is 0. The van der Waals surface area contributed by atoms with E-state index in [1.54, 1.807) is 29.4 Å². The summed E-state index contributed by atoms with van der Waals surface area (Å²) in [6.45, 7) is 3.93. The quantitative estimate of drug-likeness (QED) is 0.588. The third kappa shape index (κ3) is 3.14. The first-order chi connectivity index (χ1) is 10.7. The zero-order valence-corrected chi connectivity index (χ0v) is 12.3. The van der Waals surface area contributed by atoms with E-state index < -0.39 is 0 Å². The van der Waals surface area contributed by atoms with Crippen LogP contribution in [0.25, 0.3) is 5.82 Å². The third-order valence-electron chi connectivity index (χ3n) is 2.96. The molecule has 0 atom stereocenters. The summed E-state index contributed by atoms with van der Waals surface area (Å²) < 4.78 is 1.77. The molecule has 3 aromatic rings. The van der Waals surface area contributed by atoms with Gasteiger partial charge in [-0.15, -0.1) is 0 Å². The molecule has 0 saturated heterocycles. The average molecular weight is 293 g/mol. The van der Waals surface area contributed by atoms with Gasteiger partial charge in [-0.1, -0.05) is 6.07 Å². The van der Waals surface area contributed by atoms with E-state index in [1.165, 1.54) is 6.33 Å². The molecule has 0 aliphatic rings. The van der Waals surface area contributed by atoms with Gasteiger partial charge in [0.05, 0.1) is 11.9 Å². The fraction of sp³-hybridized carbons (Fsp3) is 0.133. The molecule has 0 aromatic carbocycles. The Morgan fingerprint density at radius 2 is 2.14 bits per heavy atom. The standard InChI is InChI=1S/C15H15N7/c1-11-6-12(2)22(21-11)15-7-14(17-10-18-15)20-19-9-13-4-3-5-16-8-13/h3-10H,1-2H3,(H,17,18,20)/b19-9+. The summed E-state index contributed by atoms with van der Waals surface area (Å²) in [6, 6.07) is 7.56. The van der Waals surface area contributed by atoms with Crippen LogP contribution in [0.5, 0.6) is 0 Å². The van der Waals surface area contributed by atoms with Crippen LogP contribution in [0.2, 0.25) is 0 Å². The summed E-state index contributed by atoms with van der Waals surface area (Å²) in [6.07, 6.45) is 6.61. The van der Waals surface area contributed by atoms with Crippen LogP contribution in [-0.4, -0.2) is 30.9 Å². The Balaban J connectivity index is 1.77. The number of nitrogens with zero attached hydrogens (tertiary/aromatic N) is 6. The van der Waals surface area contributed by atoms with Gasteiger partial charge in [0.15, 0.2) is 11.6 Å². The lowest BCUT2D eigenvalue weighted by atomic mass is 10.3. The van der Waals surface area contributed by atoms with Crippen LogP contribution in [0.3, 0.4) is 0 Å². The lowest BCUT2D eigenvalue weighted by Crippen LogP contribution is -2.04. The number of aryl methyl sites for hydroxylation is 2. The SMILES string of the molecule is Cc1cc(C)n(-c2cc(N/N=C/c3cccnc3)ncn2)n1. The van der Waals surface area contributed by atoms with Gasteiger partial charge in [-0.3, -0.25) is 10.4 Å². The predicted molar refractivity (Wildman–Crippen MR) is 84.1 cm³/mol. The summed E-state index contributed by atoms with van der Waals surface area (Å²) >= 11 is 0. The highest BCUT2D eigenvalue weighted by Gasteiger charge is 2.05. The molecule has 3 rings (SSSR count). The van der Waals surface area contributed by atoms with E-state index in [-0.39, 0.29) is 0 Å². The Hall–Kier alpha value is -3.09. The zero-order chi connectivity index (χ0) is 15.4. The molecule has 7 heteroatoms. The molecule has 7 nitrogen and oxygen atoms in total. The fourth-order valence-electron chi connectivity index (χ4n) is 2.01. The Morgan fingerprint density at radius 3 is 2.86 bits per heavy atom. The minimum atomic E-state index is 0.595. The molecule has 3 heterocycles. The average Bonchev–Trinajstić information content (AvgIpc) is 2.87. The highest BCUT2D eigenvalue weighted by Crippen LogP contribution is 2.12. The summed E-state index contributed by atoms with van der Waals surface area (Å²) in [5.74, 6) is 1.29. The molecule has 0 bridgehead atoms. The minimum Gasteiger partial charge on any atom is -0.264 e. The number of pyridine rings is 1. The number of anilines is 1. The van der Waals surface area contributed by atoms with Crippen molar-refractivity contribution in [2.45, 2.75) is 13.8 Å². The zero-order valence-electron chi connectivity index (χ0n) is 12.3. The van der Waals surface area contributed by atoms with Crippen molar-refractivity contribution in [1.82, 2.24) is 24.7 Å². The molecule has 0 fully saturated rings. The van der Waals surface area contributed by atoms with Crippen molar-refractivity contribution in [1.29, 1.82) is 0 Å². The molecule has 0 aliphatic carbocycles. The van der Waals surface area contributed by atoms with Crippen LogP contribution in [0.1, 0.15) is 17.0 Å². The number of aromatic nitrogens is 5. The first kappa shape index (κ1) is 13.9. The second-order valence-corrected chi connectivity index (χ2v) is 4.76. The van der Waals surface area contributed by atoms with Gasteiger partial charge in [-0.25, -0.2) is 14.6 Å². The molecule has 0 unspecified atom stereocenters. The van der Waals surface area contributed by atoms with Crippen LogP contribution in [0, 0.1) is 13.8 Å². The van der Waals surface area contributed by atoms with Gasteiger partial charge in [0.1, 0.15) is 6.33 Å². The maximum absolute atomic E-state index is 4.40. The van der Waals surface area contributed by atoms with Crippen molar-refractivity contribution in [3.8, 4) is 5.82 Å². The van der Waals surface area contributed by atoms with Gasteiger partial charge in [0.2, 0.25) is 0 Å². The lowest BCUT2D eigenvalue weighted by molar-refractivity contribution is 0.801. The van der Waals surface area contributed by atoms with Gasteiger partial charge in [-0.05, 0) is 26.0 Å². The molecule has 0 saturated carbocycles. The van der Waals surface area contributed by atoms with Gasteiger partial charge in [0.25, 0.3) is 0 Å². The van der Waals surface area contributed by atoms with Crippen molar-refractivity contribution in [2.24, 2.45) is 5.10 Å². The summed E-state index contributed by atoms with van der Waals surface area (Å²) in [5.41, 5.74) is 5.74.